The average molecular weight is 197 g/mol. The molecule has 0 N–H and O–H groups in total. The number of carbonyl (C=O) groups is 2. The first kappa shape index (κ1) is 8.43. The van der Waals surface area contributed by atoms with E-state index in [9.17, 15) is 9.59 Å². The van der Waals surface area contributed by atoms with Gasteiger partial charge in [-0.05, 0) is 18.2 Å². The molecule has 68 valence electrons. The number of hydrazone groups is 1. The third-order valence-electron chi connectivity index (χ3n) is 1.92. The van der Waals surface area contributed by atoms with Crippen LogP contribution in [0.2, 0.25) is 0 Å². The number of rotatable bonds is 1. The molecule has 0 aliphatic carbocycles. The van der Waals surface area contributed by atoms with Crippen LogP contribution >= 0.6 is 11.8 Å². The van der Waals surface area contributed by atoms with E-state index in [0.29, 0.717) is 11.6 Å². The summed E-state index contributed by atoms with van der Waals surface area (Å²) in [6, 6.07) is 0. The fourth-order valence-electron chi connectivity index (χ4n) is 1.22. The van der Waals surface area contributed by atoms with E-state index in [0.717, 1.165) is 0 Å². The number of aliphatic imine (C=N–C) groups is 1. The number of thioether (sulfide) groups is 1. The quantitative estimate of drug-likeness (QED) is 0.572. The second kappa shape index (κ2) is 2.95. The van der Waals surface area contributed by atoms with Crippen molar-refractivity contribution < 1.29 is 9.59 Å². The molecule has 13 heavy (non-hydrogen) atoms. The molecule has 1 atom stereocenters. The summed E-state index contributed by atoms with van der Waals surface area (Å²) in [7, 11) is 0. The standard InChI is InChI=1S/C7H7N3O2S/c1-2-4-5(11)9-7-10(6(4)12)8-3-13-7/h3-4H,2H2,1H3. The molecule has 0 aromatic rings. The largest absolute Gasteiger partial charge is 0.272 e. The summed E-state index contributed by atoms with van der Waals surface area (Å²) in [5.74, 6) is -1.25. The maximum absolute atomic E-state index is 11.5. The average Bonchev–Trinajstić information content (AvgIpc) is 2.53. The van der Waals surface area contributed by atoms with Crippen LogP contribution in [-0.2, 0) is 9.59 Å². The minimum atomic E-state index is -0.639. The van der Waals surface area contributed by atoms with E-state index < -0.39 is 5.92 Å². The minimum absolute atomic E-state index is 0.265. The lowest BCUT2D eigenvalue weighted by atomic mass is 10.0. The fourth-order valence-corrected chi connectivity index (χ4v) is 1.83. The van der Waals surface area contributed by atoms with E-state index in [-0.39, 0.29) is 11.8 Å². The molecule has 0 aromatic carbocycles. The Bertz CT molecular complexity index is 337. The van der Waals surface area contributed by atoms with Gasteiger partial charge in [-0.25, -0.2) is 0 Å². The molecule has 0 aromatic heterocycles. The Morgan fingerprint density at radius 1 is 1.62 bits per heavy atom. The van der Waals surface area contributed by atoms with Crippen molar-refractivity contribution in [2.45, 2.75) is 13.3 Å². The molecule has 2 heterocycles. The number of hydrogen-bond acceptors (Lipinski definition) is 4. The van der Waals surface area contributed by atoms with Crippen molar-refractivity contribution in [3.05, 3.63) is 0 Å². The third kappa shape index (κ3) is 1.17. The SMILES string of the molecule is CCC1C(=O)N=C2SC=NN2C1=O. The van der Waals surface area contributed by atoms with Crippen LogP contribution in [0.4, 0.5) is 0 Å². The van der Waals surface area contributed by atoms with Gasteiger partial charge in [-0.1, -0.05) is 6.92 Å². The Kier molecular flexibility index (Phi) is 1.91. The minimum Gasteiger partial charge on any atom is -0.272 e. The summed E-state index contributed by atoms with van der Waals surface area (Å²) in [5, 5.41) is 5.38. The molecule has 2 aliphatic rings. The molecule has 2 rings (SSSR count). The molecular formula is C7H7N3O2S. The fraction of sp³-hybridized carbons (Fsp3) is 0.429. The molecule has 2 amide bonds. The first-order valence-corrected chi connectivity index (χ1v) is 4.77. The normalized spacial score (nSPS) is 26.4. The molecular weight excluding hydrogens is 190 g/mol. The second-order valence-corrected chi connectivity index (χ2v) is 3.49. The number of carbonyl (C=O) groups excluding carboxylic acids is 2. The molecule has 0 saturated carbocycles. The molecule has 0 spiro atoms. The highest BCUT2D eigenvalue weighted by molar-refractivity contribution is 8.25. The highest BCUT2D eigenvalue weighted by atomic mass is 32.2. The number of hydrogen-bond donors (Lipinski definition) is 0. The summed E-state index contributed by atoms with van der Waals surface area (Å²) in [5.41, 5.74) is 1.50. The highest BCUT2D eigenvalue weighted by Gasteiger charge is 2.38. The summed E-state index contributed by atoms with van der Waals surface area (Å²) in [6.45, 7) is 1.79. The molecule has 0 saturated heterocycles. The van der Waals surface area contributed by atoms with Crippen molar-refractivity contribution in [1.82, 2.24) is 5.01 Å². The van der Waals surface area contributed by atoms with E-state index in [1.807, 2.05) is 0 Å². The van der Waals surface area contributed by atoms with Crippen molar-refractivity contribution >= 4 is 34.3 Å². The van der Waals surface area contributed by atoms with Crippen LogP contribution in [0.3, 0.4) is 0 Å². The summed E-state index contributed by atoms with van der Waals surface area (Å²) < 4.78 is 0. The summed E-state index contributed by atoms with van der Waals surface area (Å²) in [4.78, 5) is 26.6. The summed E-state index contributed by atoms with van der Waals surface area (Å²) >= 11 is 1.19. The van der Waals surface area contributed by atoms with E-state index in [2.05, 4.69) is 10.1 Å². The maximum Gasteiger partial charge on any atom is 0.261 e. The number of amidine groups is 1. The van der Waals surface area contributed by atoms with Crippen molar-refractivity contribution in [3.8, 4) is 0 Å². The number of amides is 2. The predicted molar refractivity (Wildman–Crippen MR) is 49.2 cm³/mol. The van der Waals surface area contributed by atoms with Gasteiger partial charge >= 0.3 is 0 Å². The zero-order valence-corrected chi connectivity index (χ0v) is 7.74. The molecule has 6 heteroatoms. The molecule has 0 fully saturated rings. The molecule has 2 aliphatic heterocycles. The van der Waals surface area contributed by atoms with Crippen LogP contribution < -0.4 is 0 Å². The number of nitrogens with zero attached hydrogens (tertiary/aromatic N) is 3. The van der Waals surface area contributed by atoms with Gasteiger partial charge in [0.25, 0.3) is 11.8 Å². The predicted octanol–water partition coefficient (Wildman–Crippen LogP) is 0.428. The zero-order chi connectivity index (χ0) is 9.42. The Labute approximate surface area is 78.9 Å². The van der Waals surface area contributed by atoms with Crippen molar-refractivity contribution in [1.29, 1.82) is 0 Å². The van der Waals surface area contributed by atoms with Crippen LogP contribution in [0.5, 0.6) is 0 Å². The van der Waals surface area contributed by atoms with E-state index in [1.54, 1.807) is 6.92 Å². The highest BCUT2D eigenvalue weighted by Crippen LogP contribution is 2.24. The monoisotopic (exact) mass is 197 g/mol. The van der Waals surface area contributed by atoms with Crippen LogP contribution in [0.25, 0.3) is 0 Å². The molecule has 0 radical (unpaired) electrons. The lowest BCUT2D eigenvalue weighted by Crippen LogP contribution is -2.41. The van der Waals surface area contributed by atoms with Crippen LogP contribution in [0, 0.1) is 5.92 Å². The van der Waals surface area contributed by atoms with E-state index >= 15 is 0 Å². The first-order valence-electron chi connectivity index (χ1n) is 3.89. The van der Waals surface area contributed by atoms with Gasteiger partial charge in [0, 0.05) is 0 Å². The van der Waals surface area contributed by atoms with Crippen molar-refractivity contribution in [3.63, 3.8) is 0 Å². The van der Waals surface area contributed by atoms with Gasteiger partial charge in [0.05, 0.1) is 5.55 Å². The van der Waals surface area contributed by atoms with E-state index in [4.69, 9.17) is 0 Å². The van der Waals surface area contributed by atoms with E-state index in [1.165, 1.54) is 22.3 Å². The first-order chi connectivity index (χ1) is 6.24. The third-order valence-corrected chi connectivity index (χ3v) is 2.60. The van der Waals surface area contributed by atoms with Gasteiger partial charge in [-0.2, -0.15) is 15.1 Å². The zero-order valence-electron chi connectivity index (χ0n) is 6.93. The van der Waals surface area contributed by atoms with Gasteiger partial charge < -0.3 is 0 Å². The lowest BCUT2D eigenvalue weighted by molar-refractivity contribution is -0.139. The van der Waals surface area contributed by atoms with Gasteiger partial charge in [-0.3, -0.25) is 9.59 Å². The topological polar surface area (TPSA) is 62.1 Å². The Balaban J connectivity index is 2.37. The Morgan fingerprint density at radius 2 is 2.38 bits per heavy atom. The van der Waals surface area contributed by atoms with Gasteiger partial charge in [0.2, 0.25) is 5.17 Å². The van der Waals surface area contributed by atoms with Gasteiger partial charge in [-0.15, -0.1) is 0 Å². The van der Waals surface area contributed by atoms with Gasteiger partial charge in [0.15, 0.2) is 0 Å². The second-order valence-electron chi connectivity index (χ2n) is 2.68. The van der Waals surface area contributed by atoms with Crippen molar-refractivity contribution in [2.24, 2.45) is 16.0 Å². The molecule has 5 nitrogen and oxygen atoms in total. The lowest BCUT2D eigenvalue weighted by Gasteiger charge is -2.21. The number of fused-ring (bicyclic) bond motifs is 1. The molecule has 0 bridgehead atoms. The van der Waals surface area contributed by atoms with Crippen LogP contribution in [0.15, 0.2) is 10.1 Å². The summed E-state index contributed by atoms with van der Waals surface area (Å²) in [6.07, 6.45) is 0.477. The maximum atomic E-state index is 11.5. The van der Waals surface area contributed by atoms with Gasteiger partial charge in [0.1, 0.15) is 5.92 Å². The Hall–Kier alpha value is -1.17. The van der Waals surface area contributed by atoms with Crippen molar-refractivity contribution in [2.75, 3.05) is 0 Å². The Morgan fingerprint density at radius 3 is 3.08 bits per heavy atom. The smallest absolute Gasteiger partial charge is 0.261 e. The molecule has 1 unspecified atom stereocenters. The van der Waals surface area contributed by atoms with Crippen LogP contribution in [-0.4, -0.2) is 27.5 Å². The van der Waals surface area contributed by atoms with Crippen LogP contribution in [0.1, 0.15) is 13.3 Å².